The molecule has 1 heterocycles. The molecule has 1 aromatic heterocycles. The molecular formula is C13H15N3O2. The number of nitrogens with zero attached hydrogens (tertiary/aromatic N) is 3. The minimum absolute atomic E-state index is 0.161. The van der Waals surface area contributed by atoms with Gasteiger partial charge >= 0.3 is 0 Å². The molecule has 0 N–H and O–H groups in total. The lowest BCUT2D eigenvalue weighted by atomic mass is 10.1. The van der Waals surface area contributed by atoms with Gasteiger partial charge in [0.05, 0.1) is 5.69 Å². The van der Waals surface area contributed by atoms with Crippen molar-refractivity contribution in [2.24, 2.45) is 0 Å². The normalized spacial score (nSPS) is 12.3. The number of hydrogen-bond acceptors (Lipinski definition) is 3. The highest BCUT2D eigenvalue weighted by Crippen LogP contribution is 2.20. The fourth-order valence-corrected chi connectivity index (χ4v) is 2.10. The summed E-state index contributed by atoms with van der Waals surface area (Å²) in [4.78, 5) is 10.5. The predicted molar refractivity (Wildman–Crippen MR) is 68.1 cm³/mol. The first-order valence-corrected chi connectivity index (χ1v) is 5.77. The summed E-state index contributed by atoms with van der Waals surface area (Å²) in [5, 5.41) is 15.2. The van der Waals surface area contributed by atoms with Gasteiger partial charge in [-0.3, -0.25) is 14.8 Å². The Labute approximate surface area is 105 Å². The lowest BCUT2D eigenvalue weighted by molar-refractivity contribution is -0.484. The lowest BCUT2D eigenvalue weighted by Crippen LogP contribution is -2.22. The van der Waals surface area contributed by atoms with Crippen LogP contribution in [0.2, 0.25) is 0 Å². The molecule has 0 aliphatic rings. The Kier molecular flexibility index (Phi) is 3.41. The van der Waals surface area contributed by atoms with Crippen molar-refractivity contribution in [1.29, 1.82) is 0 Å². The Bertz CT molecular complexity index is 549. The van der Waals surface area contributed by atoms with Crippen molar-refractivity contribution in [1.82, 2.24) is 9.78 Å². The molecule has 2 rings (SSSR count). The Morgan fingerprint density at radius 2 is 2.00 bits per heavy atom. The molecule has 1 atom stereocenters. The minimum Gasteiger partial charge on any atom is -0.264 e. The Morgan fingerprint density at radius 3 is 2.50 bits per heavy atom. The van der Waals surface area contributed by atoms with Crippen LogP contribution in [0.5, 0.6) is 0 Å². The summed E-state index contributed by atoms with van der Waals surface area (Å²) in [6.07, 6.45) is 0. The van der Waals surface area contributed by atoms with E-state index in [4.69, 9.17) is 0 Å². The number of hydrogen-bond donors (Lipinski definition) is 0. The van der Waals surface area contributed by atoms with E-state index in [0.717, 1.165) is 17.0 Å². The molecule has 0 radical (unpaired) electrons. The van der Waals surface area contributed by atoms with Crippen LogP contribution in [-0.4, -0.2) is 21.2 Å². The number of nitro groups is 1. The molecule has 0 spiro atoms. The molecule has 0 aliphatic heterocycles. The summed E-state index contributed by atoms with van der Waals surface area (Å²) >= 11 is 0. The monoisotopic (exact) mass is 245 g/mol. The van der Waals surface area contributed by atoms with E-state index in [1.807, 2.05) is 50.2 Å². The molecule has 0 fully saturated rings. The van der Waals surface area contributed by atoms with E-state index in [-0.39, 0.29) is 17.5 Å². The molecule has 0 saturated carbocycles. The van der Waals surface area contributed by atoms with Gasteiger partial charge in [0.15, 0.2) is 0 Å². The van der Waals surface area contributed by atoms with Crippen molar-refractivity contribution in [2.75, 3.05) is 6.54 Å². The average Bonchev–Trinajstić information content (AvgIpc) is 2.66. The molecule has 0 aliphatic carbocycles. The highest BCUT2D eigenvalue weighted by molar-refractivity contribution is 5.21. The number of aromatic nitrogens is 2. The van der Waals surface area contributed by atoms with E-state index in [0.29, 0.717) is 0 Å². The van der Waals surface area contributed by atoms with Crippen molar-refractivity contribution >= 4 is 0 Å². The molecule has 0 saturated heterocycles. The first kappa shape index (κ1) is 12.3. The highest BCUT2D eigenvalue weighted by atomic mass is 16.6. The quantitative estimate of drug-likeness (QED) is 0.613. The van der Waals surface area contributed by atoms with Gasteiger partial charge in [-0.2, -0.15) is 5.10 Å². The maximum Gasteiger partial charge on any atom is 0.230 e. The van der Waals surface area contributed by atoms with Crippen LogP contribution in [0.15, 0.2) is 36.4 Å². The van der Waals surface area contributed by atoms with E-state index in [1.54, 1.807) is 4.68 Å². The third-order valence-corrected chi connectivity index (χ3v) is 2.85. The fourth-order valence-electron chi connectivity index (χ4n) is 2.10. The second-order valence-corrected chi connectivity index (χ2v) is 4.31. The molecule has 0 amide bonds. The Balaban J connectivity index is 2.43. The third-order valence-electron chi connectivity index (χ3n) is 2.85. The number of aryl methyl sites for hydroxylation is 2. The first-order chi connectivity index (χ1) is 8.58. The summed E-state index contributed by atoms with van der Waals surface area (Å²) in [7, 11) is 0. The molecule has 94 valence electrons. The van der Waals surface area contributed by atoms with Crippen LogP contribution in [0, 0.1) is 24.0 Å². The third kappa shape index (κ3) is 2.56. The molecule has 0 bridgehead atoms. The second kappa shape index (κ2) is 5.00. The summed E-state index contributed by atoms with van der Waals surface area (Å²) in [6, 6.07) is 11.0. The van der Waals surface area contributed by atoms with E-state index < -0.39 is 0 Å². The van der Waals surface area contributed by atoms with E-state index >= 15 is 0 Å². The number of rotatable bonds is 4. The molecule has 2 aromatic rings. The Hall–Kier alpha value is -2.17. The van der Waals surface area contributed by atoms with Crippen molar-refractivity contribution < 1.29 is 4.92 Å². The number of benzene rings is 1. The van der Waals surface area contributed by atoms with Crippen LogP contribution in [0.1, 0.15) is 23.0 Å². The van der Waals surface area contributed by atoms with Gasteiger partial charge < -0.3 is 0 Å². The Morgan fingerprint density at radius 1 is 1.33 bits per heavy atom. The largest absolute Gasteiger partial charge is 0.264 e. The molecule has 5 heteroatoms. The van der Waals surface area contributed by atoms with E-state index in [1.165, 1.54) is 0 Å². The van der Waals surface area contributed by atoms with Gasteiger partial charge in [-0.15, -0.1) is 0 Å². The topological polar surface area (TPSA) is 61.0 Å². The van der Waals surface area contributed by atoms with Crippen molar-refractivity contribution in [3.8, 4) is 0 Å². The summed E-state index contributed by atoms with van der Waals surface area (Å²) < 4.78 is 1.73. The van der Waals surface area contributed by atoms with Crippen LogP contribution in [0.4, 0.5) is 0 Å². The van der Waals surface area contributed by atoms with Gasteiger partial charge in [-0.1, -0.05) is 30.3 Å². The van der Waals surface area contributed by atoms with Gasteiger partial charge in [0, 0.05) is 10.6 Å². The maximum atomic E-state index is 10.8. The smallest absolute Gasteiger partial charge is 0.230 e. The van der Waals surface area contributed by atoms with Crippen molar-refractivity contribution in [3.05, 3.63) is 63.5 Å². The minimum atomic E-state index is -0.352. The van der Waals surface area contributed by atoms with E-state index in [9.17, 15) is 10.1 Å². The van der Waals surface area contributed by atoms with Crippen LogP contribution in [-0.2, 0) is 0 Å². The zero-order chi connectivity index (χ0) is 13.1. The summed E-state index contributed by atoms with van der Waals surface area (Å²) in [6.45, 7) is 3.64. The van der Waals surface area contributed by atoms with Crippen LogP contribution < -0.4 is 0 Å². The highest BCUT2D eigenvalue weighted by Gasteiger charge is 2.22. The SMILES string of the molecule is Cc1cc(C)n(C(C[N+](=O)[O-])c2ccccc2)n1. The average molecular weight is 245 g/mol. The maximum absolute atomic E-state index is 10.8. The molecular weight excluding hydrogens is 230 g/mol. The summed E-state index contributed by atoms with van der Waals surface area (Å²) in [5.41, 5.74) is 2.71. The standard InChI is InChI=1S/C13H15N3O2/c1-10-8-11(2)16(14-10)13(9-15(17)18)12-6-4-3-5-7-12/h3-8,13H,9H2,1-2H3. The second-order valence-electron chi connectivity index (χ2n) is 4.31. The van der Waals surface area contributed by atoms with Gasteiger partial charge in [0.25, 0.3) is 0 Å². The molecule has 5 nitrogen and oxygen atoms in total. The van der Waals surface area contributed by atoms with Crippen LogP contribution >= 0.6 is 0 Å². The lowest BCUT2D eigenvalue weighted by Gasteiger charge is -2.15. The van der Waals surface area contributed by atoms with E-state index in [2.05, 4.69) is 5.10 Å². The van der Waals surface area contributed by atoms with Crippen LogP contribution in [0.3, 0.4) is 0 Å². The molecule has 1 unspecified atom stereocenters. The van der Waals surface area contributed by atoms with Gasteiger partial charge in [-0.25, -0.2) is 0 Å². The summed E-state index contributed by atoms with van der Waals surface area (Å²) in [5.74, 6) is 0. The zero-order valence-electron chi connectivity index (χ0n) is 10.4. The van der Waals surface area contributed by atoms with Gasteiger partial charge in [0.2, 0.25) is 6.54 Å². The molecule has 18 heavy (non-hydrogen) atoms. The predicted octanol–water partition coefficient (Wildman–Crippen LogP) is 2.37. The fraction of sp³-hybridized carbons (Fsp3) is 0.308. The van der Waals surface area contributed by atoms with Crippen molar-refractivity contribution in [3.63, 3.8) is 0 Å². The zero-order valence-corrected chi connectivity index (χ0v) is 10.4. The van der Waals surface area contributed by atoms with Crippen LogP contribution in [0.25, 0.3) is 0 Å². The van der Waals surface area contributed by atoms with Gasteiger partial charge in [0.1, 0.15) is 6.04 Å². The molecule has 1 aromatic carbocycles. The van der Waals surface area contributed by atoms with Gasteiger partial charge in [-0.05, 0) is 25.5 Å². The first-order valence-electron chi connectivity index (χ1n) is 5.77. The van der Waals surface area contributed by atoms with Crippen molar-refractivity contribution in [2.45, 2.75) is 19.9 Å².